The summed E-state index contributed by atoms with van der Waals surface area (Å²) in [6, 6.07) is -0.769. The molecule has 0 aromatic rings. The predicted molar refractivity (Wildman–Crippen MR) is 80.3 cm³/mol. The quantitative estimate of drug-likeness (QED) is 0.343. The van der Waals surface area contributed by atoms with Crippen LogP contribution in [0.25, 0.3) is 0 Å². The number of likely N-dealkylation sites (N-methyl/N-ethyl adjacent to an activating group) is 1. The Morgan fingerprint density at radius 2 is 2.10 bits per heavy atom. The van der Waals surface area contributed by atoms with E-state index >= 15 is 0 Å². The number of carbonyl (C=O) groups excluding carboxylic acids is 4. The largest absolute Gasteiger partial charge is 0.330 e. The molecule has 21 heavy (non-hydrogen) atoms. The van der Waals surface area contributed by atoms with E-state index in [2.05, 4.69) is 34.4 Å². The minimum absolute atomic E-state index is 0.0223. The van der Waals surface area contributed by atoms with Crippen LogP contribution in [0.2, 0.25) is 0 Å². The summed E-state index contributed by atoms with van der Waals surface area (Å²) in [6.45, 7) is 7.04. The number of halogens is 1. The lowest BCUT2D eigenvalue weighted by atomic mass is 10.0. The fourth-order valence-corrected chi connectivity index (χ4v) is 2.35. The van der Waals surface area contributed by atoms with Gasteiger partial charge in [-0.3, -0.25) is 24.5 Å². The number of nitrogens with zero attached hydrogens (tertiary/aromatic N) is 1. The first-order valence-corrected chi connectivity index (χ1v) is 6.90. The van der Waals surface area contributed by atoms with Crippen LogP contribution in [0, 0.1) is 0 Å². The van der Waals surface area contributed by atoms with Crippen LogP contribution in [-0.4, -0.2) is 42.0 Å². The minimum atomic E-state index is -0.769. The smallest absolute Gasteiger partial charge is 0.256 e. The molecular weight excluding hydrogens is 340 g/mol. The molecule has 1 unspecified atom stereocenters. The predicted octanol–water partition coefficient (Wildman–Crippen LogP) is 0.840. The molecule has 1 atom stereocenters. The Labute approximate surface area is 130 Å². The molecule has 0 bridgehead atoms. The van der Waals surface area contributed by atoms with Crippen LogP contribution in [-0.2, 0) is 19.2 Å². The van der Waals surface area contributed by atoms with Gasteiger partial charge in [-0.05, 0) is 22.4 Å². The SMILES string of the molecule is C=C/C(Br)=C(\C(=C)C=O)C(=O)N(C)C1CCC(=O)NC1=O. The number of allylic oxidation sites excluding steroid dienone is 2. The van der Waals surface area contributed by atoms with Gasteiger partial charge in [0.25, 0.3) is 5.91 Å². The molecule has 6 nitrogen and oxygen atoms in total. The molecule has 0 aromatic carbocycles. The average molecular weight is 355 g/mol. The monoisotopic (exact) mass is 354 g/mol. The van der Waals surface area contributed by atoms with E-state index in [-0.39, 0.29) is 29.9 Å². The summed E-state index contributed by atoms with van der Waals surface area (Å²) in [7, 11) is 1.43. The zero-order valence-corrected chi connectivity index (χ0v) is 13.1. The van der Waals surface area contributed by atoms with Crippen molar-refractivity contribution in [3.8, 4) is 0 Å². The first kappa shape index (κ1) is 17.0. The molecule has 1 N–H and O–H groups in total. The fourth-order valence-electron chi connectivity index (χ4n) is 1.92. The summed E-state index contributed by atoms with van der Waals surface area (Å²) in [4.78, 5) is 47.5. The van der Waals surface area contributed by atoms with E-state index < -0.39 is 17.9 Å². The van der Waals surface area contributed by atoms with Crippen molar-refractivity contribution in [1.82, 2.24) is 10.2 Å². The minimum Gasteiger partial charge on any atom is -0.330 e. The third-order valence-electron chi connectivity index (χ3n) is 3.09. The summed E-state index contributed by atoms with van der Waals surface area (Å²) >= 11 is 3.14. The van der Waals surface area contributed by atoms with Gasteiger partial charge in [0.15, 0.2) is 0 Å². The number of imide groups is 1. The molecule has 0 spiro atoms. The zero-order valence-electron chi connectivity index (χ0n) is 11.5. The van der Waals surface area contributed by atoms with Crippen LogP contribution in [0.4, 0.5) is 0 Å². The maximum absolute atomic E-state index is 12.5. The number of carbonyl (C=O) groups is 4. The van der Waals surface area contributed by atoms with Gasteiger partial charge in [-0.1, -0.05) is 19.2 Å². The van der Waals surface area contributed by atoms with E-state index in [0.717, 1.165) is 0 Å². The first-order chi connectivity index (χ1) is 9.83. The van der Waals surface area contributed by atoms with Crippen molar-refractivity contribution in [1.29, 1.82) is 0 Å². The van der Waals surface area contributed by atoms with Gasteiger partial charge < -0.3 is 4.90 Å². The van der Waals surface area contributed by atoms with E-state index in [1.54, 1.807) is 0 Å². The Hall–Kier alpha value is -2.02. The molecule has 1 aliphatic rings. The topological polar surface area (TPSA) is 83.6 Å². The van der Waals surface area contributed by atoms with Gasteiger partial charge in [0.1, 0.15) is 12.3 Å². The van der Waals surface area contributed by atoms with E-state index in [9.17, 15) is 19.2 Å². The molecule has 1 fully saturated rings. The molecule has 1 rings (SSSR count). The number of aldehydes is 1. The Morgan fingerprint density at radius 1 is 1.48 bits per heavy atom. The van der Waals surface area contributed by atoms with E-state index in [1.165, 1.54) is 18.0 Å². The van der Waals surface area contributed by atoms with Gasteiger partial charge in [-0.15, -0.1) is 0 Å². The molecule has 1 saturated heterocycles. The van der Waals surface area contributed by atoms with Gasteiger partial charge in [-0.25, -0.2) is 0 Å². The van der Waals surface area contributed by atoms with Crippen molar-refractivity contribution >= 4 is 39.9 Å². The van der Waals surface area contributed by atoms with E-state index in [4.69, 9.17) is 0 Å². The van der Waals surface area contributed by atoms with Gasteiger partial charge >= 0.3 is 0 Å². The molecule has 0 aliphatic carbocycles. The molecule has 3 amide bonds. The highest BCUT2D eigenvalue weighted by atomic mass is 79.9. The van der Waals surface area contributed by atoms with Gasteiger partial charge in [-0.2, -0.15) is 0 Å². The third-order valence-corrected chi connectivity index (χ3v) is 3.81. The van der Waals surface area contributed by atoms with Crippen LogP contribution in [0.5, 0.6) is 0 Å². The standard InChI is InChI=1S/C14H15BrN2O4/c1-4-9(15)12(8(2)7-18)14(21)17(3)10-5-6-11(19)16-13(10)20/h4,7,10H,1-2,5-6H2,3H3,(H,16,19,20)/b12-9-. The van der Waals surface area contributed by atoms with Crippen molar-refractivity contribution < 1.29 is 19.2 Å². The van der Waals surface area contributed by atoms with E-state index in [1.807, 2.05) is 0 Å². The lowest BCUT2D eigenvalue weighted by molar-refractivity contribution is -0.142. The lowest BCUT2D eigenvalue weighted by Crippen LogP contribution is -2.53. The Morgan fingerprint density at radius 3 is 2.57 bits per heavy atom. The normalized spacial score (nSPS) is 19.2. The summed E-state index contributed by atoms with van der Waals surface area (Å²) in [5.74, 6) is -1.45. The fraction of sp³-hybridized carbons (Fsp3) is 0.286. The second-order valence-corrected chi connectivity index (χ2v) is 5.31. The third kappa shape index (κ3) is 3.75. The Bertz CT molecular complexity index is 565. The molecule has 1 aliphatic heterocycles. The highest BCUT2D eigenvalue weighted by Crippen LogP contribution is 2.23. The van der Waals surface area contributed by atoms with E-state index in [0.29, 0.717) is 10.8 Å². The highest BCUT2D eigenvalue weighted by molar-refractivity contribution is 9.12. The second-order valence-electron chi connectivity index (χ2n) is 4.45. The van der Waals surface area contributed by atoms with Crippen LogP contribution >= 0.6 is 15.9 Å². The molecule has 0 aromatic heterocycles. The number of hydrogen-bond acceptors (Lipinski definition) is 4. The average Bonchev–Trinajstić information content (AvgIpc) is 2.46. The van der Waals surface area contributed by atoms with Crippen molar-refractivity contribution in [3.63, 3.8) is 0 Å². The van der Waals surface area contributed by atoms with Gasteiger partial charge in [0, 0.05) is 23.5 Å². The Kier molecular flexibility index (Phi) is 5.78. The summed E-state index contributed by atoms with van der Waals surface area (Å²) < 4.78 is 0.309. The van der Waals surface area contributed by atoms with Crippen molar-refractivity contribution in [3.05, 3.63) is 34.9 Å². The van der Waals surface area contributed by atoms with Crippen molar-refractivity contribution in [2.45, 2.75) is 18.9 Å². The highest BCUT2D eigenvalue weighted by Gasteiger charge is 2.34. The summed E-state index contributed by atoms with van der Waals surface area (Å²) in [5, 5.41) is 2.18. The number of nitrogens with one attached hydrogen (secondary N) is 1. The van der Waals surface area contributed by atoms with Crippen LogP contribution < -0.4 is 5.32 Å². The maximum Gasteiger partial charge on any atom is 0.256 e. The number of hydrogen-bond donors (Lipinski definition) is 1. The second kappa shape index (κ2) is 7.12. The molecule has 1 heterocycles. The zero-order chi connectivity index (χ0) is 16.2. The van der Waals surface area contributed by atoms with Gasteiger partial charge in [0.05, 0.1) is 5.57 Å². The number of amides is 3. The molecule has 0 saturated carbocycles. The summed E-state index contributed by atoms with van der Waals surface area (Å²) in [6.07, 6.45) is 2.21. The summed E-state index contributed by atoms with van der Waals surface area (Å²) in [5.41, 5.74) is 0.0121. The molecular formula is C14H15BrN2O4. The van der Waals surface area contributed by atoms with Gasteiger partial charge in [0.2, 0.25) is 11.8 Å². The van der Waals surface area contributed by atoms with Crippen LogP contribution in [0.1, 0.15) is 12.8 Å². The number of piperidine rings is 1. The number of rotatable bonds is 5. The van der Waals surface area contributed by atoms with Crippen LogP contribution in [0.15, 0.2) is 34.9 Å². The maximum atomic E-state index is 12.5. The molecule has 112 valence electrons. The van der Waals surface area contributed by atoms with Crippen molar-refractivity contribution in [2.75, 3.05) is 7.05 Å². The van der Waals surface area contributed by atoms with Crippen molar-refractivity contribution in [2.24, 2.45) is 0 Å². The Balaban J connectivity index is 3.07. The van der Waals surface area contributed by atoms with Crippen LogP contribution in [0.3, 0.4) is 0 Å². The molecule has 7 heteroatoms. The first-order valence-electron chi connectivity index (χ1n) is 6.11. The molecule has 0 radical (unpaired) electrons. The lowest BCUT2D eigenvalue weighted by Gasteiger charge is -2.30.